The molecule has 2 heterocycles. The van der Waals surface area contributed by atoms with Crippen molar-refractivity contribution in [2.45, 2.75) is 117 Å². The summed E-state index contributed by atoms with van der Waals surface area (Å²) in [6.45, 7) is 18.3. The fourth-order valence-corrected chi connectivity index (χ4v) is 8.68. The lowest BCUT2D eigenvalue weighted by atomic mass is 9.90. The molecule has 2 aliphatic heterocycles. The maximum atomic E-state index is 14.2. The Morgan fingerprint density at radius 2 is 1.56 bits per heavy atom. The molecule has 0 saturated carbocycles. The number of carbonyl (C=O) groups excluding carboxylic acids is 5. The summed E-state index contributed by atoms with van der Waals surface area (Å²) in [5, 5.41) is 9.27. The first-order chi connectivity index (χ1) is 27.2. The molecule has 3 N–H and O–H groups in total. The SMILES string of the molecule is CCC(C)C(C(CC(=O)N1CCCC1C(OC)C(C)C(=O)NC(Cc1ccccc1)C(=O)N(CC)CC)OC)N(C)C(=O)CNC(=O)C(C(C)C)N1CCNCC1. The topological polar surface area (TPSA) is 153 Å². The zero-order valence-electron chi connectivity index (χ0n) is 36.4. The Hall–Kier alpha value is -3.59. The van der Waals surface area contributed by atoms with E-state index in [1.807, 2.05) is 71.9 Å². The second-order valence-electron chi connectivity index (χ2n) is 16.1. The highest BCUT2D eigenvalue weighted by molar-refractivity contribution is 5.89. The summed E-state index contributed by atoms with van der Waals surface area (Å²) in [5.74, 6) is -1.61. The van der Waals surface area contributed by atoms with E-state index in [1.54, 1.807) is 42.9 Å². The first-order valence-electron chi connectivity index (χ1n) is 21.2. The Balaban J connectivity index is 1.73. The largest absolute Gasteiger partial charge is 0.379 e. The molecule has 5 amide bonds. The summed E-state index contributed by atoms with van der Waals surface area (Å²) >= 11 is 0. The van der Waals surface area contributed by atoms with Gasteiger partial charge in [-0.1, -0.05) is 71.4 Å². The molecule has 3 rings (SSSR count). The van der Waals surface area contributed by atoms with Crippen LogP contribution in [0.2, 0.25) is 0 Å². The van der Waals surface area contributed by atoms with Gasteiger partial charge in [0.15, 0.2) is 0 Å². The average molecular weight is 800 g/mol. The lowest BCUT2D eigenvalue weighted by Gasteiger charge is -2.39. The van der Waals surface area contributed by atoms with E-state index in [0.29, 0.717) is 32.5 Å². The number of rotatable bonds is 22. The molecule has 2 saturated heterocycles. The van der Waals surface area contributed by atoms with Gasteiger partial charge in [0.2, 0.25) is 29.5 Å². The van der Waals surface area contributed by atoms with Crippen molar-refractivity contribution in [3.8, 4) is 0 Å². The highest BCUT2D eigenvalue weighted by atomic mass is 16.5. The number of likely N-dealkylation sites (tertiary alicyclic amines) is 1. The van der Waals surface area contributed by atoms with Crippen LogP contribution in [0.25, 0.3) is 0 Å². The van der Waals surface area contributed by atoms with Gasteiger partial charge in [-0.3, -0.25) is 28.9 Å². The van der Waals surface area contributed by atoms with E-state index in [0.717, 1.165) is 44.6 Å². The molecular formula is C43H73N7O7. The van der Waals surface area contributed by atoms with E-state index < -0.39 is 30.2 Å². The molecule has 0 aromatic heterocycles. The molecule has 57 heavy (non-hydrogen) atoms. The maximum absolute atomic E-state index is 14.2. The summed E-state index contributed by atoms with van der Waals surface area (Å²) in [6.07, 6.45) is 1.30. The highest BCUT2D eigenvalue weighted by Gasteiger charge is 2.43. The van der Waals surface area contributed by atoms with E-state index in [9.17, 15) is 24.0 Å². The Bertz CT molecular complexity index is 1420. The molecule has 0 spiro atoms. The van der Waals surface area contributed by atoms with Crippen molar-refractivity contribution in [2.75, 3.05) is 73.6 Å². The summed E-state index contributed by atoms with van der Waals surface area (Å²) in [6, 6.07) is 7.75. The number of methoxy groups -OCH3 is 2. The molecule has 1 aromatic carbocycles. The van der Waals surface area contributed by atoms with Gasteiger partial charge in [0, 0.05) is 73.5 Å². The second-order valence-corrected chi connectivity index (χ2v) is 16.1. The monoisotopic (exact) mass is 800 g/mol. The summed E-state index contributed by atoms with van der Waals surface area (Å²) in [7, 11) is 4.83. The van der Waals surface area contributed by atoms with Gasteiger partial charge in [-0.15, -0.1) is 0 Å². The minimum absolute atomic E-state index is 0.00985. The number of nitrogens with zero attached hydrogens (tertiary/aromatic N) is 4. The third-order valence-corrected chi connectivity index (χ3v) is 12.1. The minimum Gasteiger partial charge on any atom is -0.379 e. The van der Waals surface area contributed by atoms with Crippen LogP contribution >= 0.6 is 0 Å². The Labute approximate surface area is 342 Å². The molecule has 2 fully saturated rings. The number of hydrogen-bond acceptors (Lipinski definition) is 9. The number of piperazine rings is 1. The molecule has 14 heteroatoms. The molecule has 0 aliphatic carbocycles. The van der Waals surface area contributed by atoms with Crippen molar-refractivity contribution < 1.29 is 33.4 Å². The third kappa shape index (κ3) is 13.0. The van der Waals surface area contributed by atoms with Gasteiger partial charge in [-0.2, -0.15) is 0 Å². The van der Waals surface area contributed by atoms with Gasteiger partial charge in [-0.05, 0) is 44.1 Å². The fraction of sp³-hybridized carbons (Fsp3) is 0.744. The van der Waals surface area contributed by atoms with Crippen LogP contribution in [0.5, 0.6) is 0 Å². The normalized spacial score (nSPS) is 19.8. The number of amides is 5. The van der Waals surface area contributed by atoms with Crippen molar-refractivity contribution in [1.29, 1.82) is 0 Å². The number of benzene rings is 1. The summed E-state index contributed by atoms with van der Waals surface area (Å²) < 4.78 is 12.0. The molecule has 0 radical (unpaired) electrons. The van der Waals surface area contributed by atoms with Crippen molar-refractivity contribution in [1.82, 2.24) is 35.6 Å². The Kier molecular flexibility index (Phi) is 19.9. The summed E-state index contributed by atoms with van der Waals surface area (Å²) in [5.41, 5.74) is 0.942. The van der Waals surface area contributed by atoms with E-state index in [1.165, 1.54) is 0 Å². The first-order valence-corrected chi connectivity index (χ1v) is 21.2. The Morgan fingerprint density at radius 1 is 0.912 bits per heavy atom. The number of hydrogen-bond donors (Lipinski definition) is 3. The lowest BCUT2D eigenvalue weighted by Crippen LogP contribution is -2.57. The molecule has 2 aliphatic rings. The fourth-order valence-electron chi connectivity index (χ4n) is 8.68. The van der Waals surface area contributed by atoms with Gasteiger partial charge >= 0.3 is 0 Å². The first kappa shape index (κ1) is 47.8. The molecule has 322 valence electrons. The van der Waals surface area contributed by atoms with Crippen LogP contribution in [0, 0.1) is 17.8 Å². The molecule has 8 atom stereocenters. The molecule has 1 aromatic rings. The van der Waals surface area contributed by atoms with Gasteiger partial charge in [0.25, 0.3) is 0 Å². The molecule has 0 bridgehead atoms. The van der Waals surface area contributed by atoms with Crippen LogP contribution in [-0.4, -0.2) is 159 Å². The third-order valence-electron chi connectivity index (χ3n) is 12.1. The van der Waals surface area contributed by atoms with Crippen LogP contribution in [0.3, 0.4) is 0 Å². The van der Waals surface area contributed by atoms with Crippen molar-refractivity contribution >= 4 is 29.5 Å². The highest BCUT2D eigenvalue weighted by Crippen LogP contribution is 2.29. The van der Waals surface area contributed by atoms with Crippen molar-refractivity contribution in [2.24, 2.45) is 17.8 Å². The predicted octanol–water partition coefficient (Wildman–Crippen LogP) is 2.55. The Morgan fingerprint density at radius 3 is 2.12 bits per heavy atom. The van der Waals surface area contributed by atoms with Crippen LogP contribution in [-0.2, 0) is 39.9 Å². The van der Waals surface area contributed by atoms with Crippen LogP contribution in [0.1, 0.15) is 79.7 Å². The summed E-state index contributed by atoms with van der Waals surface area (Å²) in [4.78, 5) is 76.2. The van der Waals surface area contributed by atoms with Gasteiger partial charge in [0.05, 0.1) is 49.2 Å². The zero-order chi connectivity index (χ0) is 42.2. The van der Waals surface area contributed by atoms with Gasteiger partial charge in [-0.25, -0.2) is 0 Å². The van der Waals surface area contributed by atoms with E-state index >= 15 is 0 Å². The van der Waals surface area contributed by atoms with Gasteiger partial charge in [0.1, 0.15) is 6.04 Å². The van der Waals surface area contributed by atoms with E-state index in [2.05, 4.69) is 20.9 Å². The number of carbonyl (C=O) groups is 5. The number of nitrogens with one attached hydrogen (secondary N) is 3. The van der Waals surface area contributed by atoms with Crippen molar-refractivity contribution in [3.05, 3.63) is 35.9 Å². The molecule has 8 unspecified atom stereocenters. The second kappa shape index (κ2) is 23.7. The average Bonchev–Trinajstić information content (AvgIpc) is 3.70. The molecule has 14 nitrogen and oxygen atoms in total. The van der Waals surface area contributed by atoms with E-state index in [-0.39, 0.29) is 66.4 Å². The number of ether oxygens (including phenoxy) is 2. The van der Waals surface area contributed by atoms with Gasteiger partial charge < -0.3 is 40.1 Å². The lowest BCUT2D eigenvalue weighted by molar-refractivity contribution is -0.146. The van der Waals surface area contributed by atoms with E-state index in [4.69, 9.17) is 9.47 Å². The zero-order valence-corrected chi connectivity index (χ0v) is 36.4. The minimum atomic E-state index is -0.752. The maximum Gasteiger partial charge on any atom is 0.245 e. The quantitative estimate of drug-likeness (QED) is 0.161. The smallest absolute Gasteiger partial charge is 0.245 e. The van der Waals surface area contributed by atoms with Crippen LogP contribution in [0.4, 0.5) is 0 Å². The standard InChI is InChI=1S/C43H73N7O7/c1-11-30(6)39(47(8)37(52)28-45-42(54)38(29(4)5)49-24-21-44-22-25-49)35(56-9)27-36(51)50-23-17-20-34(50)40(57-10)31(7)41(53)46-33(43(55)48(12-2)13-3)26-32-18-15-14-16-19-32/h14-16,18-19,29-31,33-35,38-40,44H,11-13,17,20-28H2,1-10H3,(H,45,54)(H,46,53). The number of likely N-dealkylation sites (N-methyl/N-ethyl adjacent to an activating group) is 2. The van der Waals surface area contributed by atoms with Crippen LogP contribution in [0.15, 0.2) is 30.3 Å². The predicted molar refractivity (Wildman–Crippen MR) is 222 cm³/mol. The molecular weight excluding hydrogens is 727 g/mol. The van der Waals surface area contributed by atoms with Crippen LogP contribution < -0.4 is 16.0 Å². The van der Waals surface area contributed by atoms with Crippen molar-refractivity contribution in [3.63, 3.8) is 0 Å².